The third-order valence-electron chi connectivity index (χ3n) is 9.28. The molecular weight excluding hydrogens is 676 g/mol. The van der Waals surface area contributed by atoms with Gasteiger partial charge in [-0.3, -0.25) is 29.0 Å². The molecule has 4 N–H and O–H groups in total. The van der Waals surface area contributed by atoms with Crippen LogP contribution in [0.5, 0.6) is 11.5 Å². The van der Waals surface area contributed by atoms with Crippen molar-refractivity contribution in [3.05, 3.63) is 89.7 Å². The lowest BCUT2D eigenvalue weighted by Gasteiger charge is -2.29. The van der Waals surface area contributed by atoms with Crippen LogP contribution in [0.2, 0.25) is 0 Å². The summed E-state index contributed by atoms with van der Waals surface area (Å²) in [5, 5.41) is 11.6. The Kier molecular flexibility index (Phi) is 13.4. The van der Waals surface area contributed by atoms with Crippen molar-refractivity contribution in [1.29, 1.82) is 0 Å². The van der Waals surface area contributed by atoms with Crippen molar-refractivity contribution in [1.82, 2.24) is 31.2 Å². The zero-order valence-electron chi connectivity index (χ0n) is 30.8. The van der Waals surface area contributed by atoms with Crippen LogP contribution in [-0.4, -0.2) is 90.4 Å². The summed E-state index contributed by atoms with van der Waals surface area (Å²) in [6, 6.07) is 13.9. The minimum Gasteiger partial charge on any atom is -0.497 e. The molecule has 4 atom stereocenters. The normalized spacial score (nSPS) is 21.9. The van der Waals surface area contributed by atoms with E-state index in [9.17, 15) is 24.0 Å². The van der Waals surface area contributed by atoms with Gasteiger partial charge in [0.05, 0.1) is 19.7 Å². The van der Waals surface area contributed by atoms with Crippen LogP contribution >= 0.6 is 0 Å². The highest BCUT2D eigenvalue weighted by Crippen LogP contribution is 2.30. The molecule has 282 valence electrons. The molecule has 13 heteroatoms. The van der Waals surface area contributed by atoms with Crippen molar-refractivity contribution >= 4 is 29.5 Å². The molecule has 3 heterocycles. The van der Waals surface area contributed by atoms with Crippen molar-refractivity contribution in [2.45, 2.75) is 77.0 Å². The number of amides is 5. The first-order chi connectivity index (χ1) is 25.5. The Balaban J connectivity index is 1.47. The lowest BCUT2D eigenvalue weighted by Crippen LogP contribution is -2.58. The van der Waals surface area contributed by atoms with E-state index >= 15 is 0 Å². The number of fused-ring (bicyclic) bond motifs is 17. The predicted molar refractivity (Wildman–Crippen MR) is 198 cm³/mol. The van der Waals surface area contributed by atoms with Crippen LogP contribution in [0.3, 0.4) is 0 Å². The van der Waals surface area contributed by atoms with E-state index in [0.29, 0.717) is 35.9 Å². The Labute approximate surface area is 310 Å². The molecule has 1 fully saturated rings. The standard InChI is InChI=1S/C40H50N6O7/c1-25(2)19-31-24-53-33-13-9-28(10-14-33)21-35(44-37(48)30-15-17-41-18-16-30)39(50)45-34(20-27-7-11-32(52-4)12-8-27)38(49)42-26(3)40(51)46(22-29-5-6-29)23-36(47)43-31/h7-18,25-26,29,31,34-35H,5-6,19-24H2,1-4H3,(H,42,49)(H,43,47)(H,44,48)(H,45,50)/t26-,31+,34+,35+/m1/s1. The zero-order valence-corrected chi connectivity index (χ0v) is 30.8. The summed E-state index contributed by atoms with van der Waals surface area (Å²) >= 11 is 0. The quantitative estimate of drug-likeness (QED) is 0.244. The first-order valence-electron chi connectivity index (χ1n) is 18.2. The molecule has 3 aromatic rings. The van der Waals surface area contributed by atoms with Gasteiger partial charge < -0.3 is 35.6 Å². The molecule has 0 unspecified atom stereocenters. The molecular formula is C40H50N6O7. The summed E-state index contributed by atoms with van der Waals surface area (Å²) in [4.78, 5) is 74.2. The SMILES string of the molecule is COc1ccc(C[C@@H]2NC(=O)[C@@H](NC(=O)c3ccncc3)Cc3ccc(cc3)OC[C@H](CC(C)C)NC(=O)CN(CC3CC3)C(=O)[C@@H](C)NC2=O)cc1. The lowest BCUT2D eigenvalue weighted by atomic mass is 10.0. The molecule has 6 rings (SSSR count). The van der Waals surface area contributed by atoms with Gasteiger partial charge in [-0.15, -0.1) is 0 Å². The lowest BCUT2D eigenvalue weighted by molar-refractivity contribution is -0.140. The minimum absolute atomic E-state index is 0.0883. The van der Waals surface area contributed by atoms with Crippen LogP contribution in [0.15, 0.2) is 73.1 Å². The van der Waals surface area contributed by atoms with Crippen LogP contribution in [0.1, 0.15) is 61.5 Å². The summed E-state index contributed by atoms with van der Waals surface area (Å²) in [7, 11) is 1.55. The molecule has 2 bridgehead atoms. The second kappa shape index (κ2) is 18.3. The number of benzene rings is 2. The summed E-state index contributed by atoms with van der Waals surface area (Å²) < 4.78 is 11.4. The Morgan fingerprint density at radius 2 is 1.64 bits per heavy atom. The van der Waals surface area contributed by atoms with E-state index in [4.69, 9.17) is 9.47 Å². The van der Waals surface area contributed by atoms with Gasteiger partial charge in [-0.1, -0.05) is 38.1 Å². The van der Waals surface area contributed by atoms with Gasteiger partial charge in [0.2, 0.25) is 23.6 Å². The maximum Gasteiger partial charge on any atom is 0.252 e. The van der Waals surface area contributed by atoms with Crippen LogP contribution in [0, 0.1) is 11.8 Å². The first-order valence-corrected chi connectivity index (χ1v) is 18.2. The van der Waals surface area contributed by atoms with Gasteiger partial charge in [-0.2, -0.15) is 0 Å². The molecule has 1 aliphatic carbocycles. The molecule has 1 aromatic heterocycles. The van der Waals surface area contributed by atoms with Crippen LogP contribution < -0.4 is 30.7 Å². The van der Waals surface area contributed by atoms with E-state index in [0.717, 1.165) is 24.0 Å². The van der Waals surface area contributed by atoms with Crippen molar-refractivity contribution in [3.63, 3.8) is 0 Å². The average Bonchev–Trinajstić information content (AvgIpc) is 3.97. The second-order valence-corrected chi connectivity index (χ2v) is 14.3. The zero-order chi connectivity index (χ0) is 37.9. The molecule has 53 heavy (non-hydrogen) atoms. The van der Waals surface area contributed by atoms with Crippen molar-refractivity contribution in [2.75, 3.05) is 26.8 Å². The highest BCUT2D eigenvalue weighted by atomic mass is 16.5. The average molecular weight is 727 g/mol. The number of carbonyl (C=O) groups is 5. The largest absolute Gasteiger partial charge is 0.497 e. The molecule has 2 aromatic carbocycles. The highest BCUT2D eigenvalue weighted by Gasteiger charge is 2.33. The maximum atomic E-state index is 14.1. The number of hydrogen-bond acceptors (Lipinski definition) is 8. The molecule has 1 saturated carbocycles. The summed E-state index contributed by atoms with van der Waals surface area (Å²) in [5.41, 5.74) is 1.79. The number of ether oxygens (including phenoxy) is 2. The van der Waals surface area contributed by atoms with Crippen molar-refractivity contribution < 1.29 is 33.4 Å². The van der Waals surface area contributed by atoms with Gasteiger partial charge in [0.15, 0.2) is 0 Å². The van der Waals surface area contributed by atoms with E-state index < -0.39 is 41.8 Å². The first kappa shape index (κ1) is 38.8. The van der Waals surface area contributed by atoms with Gasteiger partial charge in [0, 0.05) is 37.3 Å². The number of pyridine rings is 1. The highest BCUT2D eigenvalue weighted by molar-refractivity contribution is 5.99. The van der Waals surface area contributed by atoms with Crippen LogP contribution in [-0.2, 0) is 32.0 Å². The number of hydrogen-bond donors (Lipinski definition) is 4. The molecule has 5 amide bonds. The number of methoxy groups -OCH3 is 1. The number of nitrogens with zero attached hydrogens (tertiary/aromatic N) is 2. The topological polar surface area (TPSA) is 168 Å². The Morgan fingerprint density at radius 1 is 0.943 bits per heavy atom. The smallest absolute Gasteiger partial charge is 0.252 e. The van der Waals surface area contributed by atoms with E-state index in [2.05, 4.69) is 40.1 Å². The Bertz CT molecular complexity index is 1710. The van der Waals surface area contributed by atoms with E-state index in [1.54, 1.807) is 62.6 Å². The number of rotatable bonds is 9. The van der Waals surface area contributed by atoms with Gasteiger partial charge in [0.25, 0.3) is 5.91 Å². The van der Waals surface area contributed by atoms with Gasteiger partial charge >= 0.3 is 0 Å². The predicted octanol–water partition coefficient (Wildman–Crippen LogP) is 2.83. The van der Waals surface area contributed by atoms with Gasteiger partial charge in [-0.25, -0.2) is 0 Å². The van der Waals surface area contributed by atoms with Crippen LogP contribution in [0.4, 0.5) is 0 Å². The molecule has 2 aliphatic heterocycles. The summed E-state index contributed by atoms with van der Waals surface area (Å²) in [5.74, 6) is -0.592. The second-order valence-electron chi connectivity index (χ2n) is 14.3. The minimum atomic E-state index is -1.12. The van der Waals surface area contributed by atoms with Gasteiger partial charge in [-0.05, 0) is 85.5 Å². The molecule has 0 radical (unpaired) electrons. The fourth-order valence-corrected chi connectivity index (χ4v) is 6.27. The molecule has 0 spiro atoms. The maximum absolute atomic E-state index is 14.1. The monoisotopic (exact) mass is 726 g/mol. The Hall–Kier alpha value is -5.46. The number of nitrogens with one attached hydrogen (secondary N) is 4. The van der Waals surface area contributed by atoms with E-state index in [1.807, 2.05) is 12.1 Å². The fourth-order valence-electron chi connectivity index (χ4n) is 6.27. The third kappa shape index (κ3) is 11.8. The fraction of sp³-hybridized carbons (Fsp3) is 0.450. The van der Waals surface area contributed by atoms with Crippen molar-refractivity contribution in [2.24, 2.45) is 11.8 Å². The summed E-state index contributed by atoms with van der Waals surface area (Å²) in [6.07, 6.45) is 5.76. The Morgan fingerprint density at radius 3 is 2.28 bits per heavy atom. The molecule has 3 aliphatic rings. The van der Waals surface area contributed by atoms with E-state index in [-0.39, 0.29) is 43.9 Å². The molecule has 13 nitrogen and oxygen atoms in total. The number of carbonyl (C=O) groups excluding carboxylic acids is 5. The van der Waals surface area contributed by atoms with Crippen molar-refractivity contribution in [3.8, 4) is 11.5 Å². The van der Waals surface area contributed by atoms with Gasteiger partial charge in [0.1, 0.15) is 36.2 Å². The number of aromatic nitrogens is 1. The third-order valence-corrected chi connectivity index (χ3v) is 9.28. The summed E-state index contributed by atoms with van der Waals surface area (Å²) in [6.45, 7) is 6.15. The van der Waals surface area contributed by atoms with Crippen LogP contribution in [0.25, 0.3) is 0 Å². The van der Waals surface area contributed by atoms with E-state index in [1.165, 1.54) is 17.3 Å². The molecule has 0 saturated heterocycles.